The van der Waals surface area contributed by atoms with Crippen LogP contribution in [0.5, 0.6) is 0 Å². The van der Waals surface area contributed by atoms with Gasteiger partial charge < -0.3 is 22.1 Å². The van der Waals surface area contributed by atoms with Crippen molar-refractivity contribution in [3.63, 3.8) is 0 Å². The highest BCUT2D eigenvalue weighted by Crippen LogP contribution is 2.24. The highest BCUT2D eigenvalue weighted by molar-refractivity contribution is 7.20. The van der Waals surface area contributed by atoms with Gasteiger partial charge in [0, 0.05) is 19.8 Å². The molecule has 1 aromatic heterocycles. The number of guanidine groups is 1. The van der Waals surface area contributed by atoms with E-state index in [1.165, 1.54) is 18.3 Å². The van der Waals surface area contributed by atoms with Gasteiger partial charge in [0.1, 0.15) is 6.04 Å². The van der Waals surface area contributed by atoms with Crippen LogP contribution in [-0.2, 0) is 22.4 Å². The van der Waals surface area contributed by atoms with E-state index in [9.17, 15) is 14.4 Å². The van der Waals surface area contributed by atoms with Gasteiger partial charge in [0.2, 0.25) is 17.6 Å². The van der Waals surface area contributed by atoms with Crippen LogP contribution in [0.2, 0.25) is 0 Å². The van der Waals surface area contributed by atoms with Crippen LogP contribution >= 0.6 is 11.3 Å². The highest BCUT2D eigenvalue weighted by atomic mass is 32.1. The van der Waals surface area contributed by atoms with Crippen LogP contribution in [0.4, 0.5) is 5.69 Å². The molecule has 4 aromatic rings. The van der Waals surface area contributed by atoms with Gasteiger partial charge in [-0.3, -0.25) is 14.4 Å². The molecule has 10 heteroatoms. The number of nitrogens with two attached hydrogens (primary N) is 2. The molecule has 6 N–H and O–H groups in total. The predicted octanol–water partition coefficient (Wildman–Crippen LogP) is 2.86. The quantitative estimate of drug-likeness (QED) is 0.141. The first-order valence-corrected chi connectivity index (χ1v) is 12.8. The third kappa shape index (κ3) is 7.01. The molecule has 0 spiro atoms. The average Bonchev–Trinajstić information content (AvgIpc) is 3.33. The summed E-state index contributed by atoms with van der Waals surface area (Å²) in [6.07, 6.45) is 0.488. The van der Waals surface area contributed by atoms with Gasteiger partial charge in [-0.15, -0.1) is 11.3 Å². The van der Waals surface area contributed by atoms with Crippen molar-refractivity contribution in [2.75, 3.05) is 0 Å². The summed E-state index contributed by atoms with van der Waals surface area (Å²) >= 11 is 1.28. The second kappa shape index (κ2) is 12.1. The fraction of sp³-hybridized carbons (Fsp3) is 0.179. The summed E-state index contributed by atoms with van der Waals surface area (Å²) in [7, 11) is 0. The molecule has 0 fully saturated rings. The number of aromatic nitrogens is 1. The molecule has 1 heterocycles. The average molecular weight is 529 g/mol. The predicted molar refractivity (Wildman–Crippen MR) is 149 cm³/mol. The second-order valence-corrected chi connectivity index (χ2v) is 9.79. The number of hydrogen-bond donors (Lipinski definition) is 4. The number of ketones is 1. The molecular formula is C28H28N6O3S. The number of aliphatic imine (C=N–C) groups is 1. The lowest BCUT2D eigenvalue weighted by Gasteiger charge is -2.22. The largest absolute Gasteiger partial charge is 0.370 e. The van der Waals surface area contributed by atoms with Crippen LogP contribution in [0, 0.1) is 0 Å². The third-order valence-electron chi connectivity index (χ3n) is 5.75. The van der Waals surface area contributed by atoms with E-state index >= 15 is 0 Å². The minimum atomic E-state index is -0.913. The Morgan fingerprint density at radius 3 is 2.13 bits per heavy atom. The molecule has 0 radical (unpaired) electrons. The van der Waals surface area contributed by atoms with E-state index in [2.05, 4.69) is 20.6 Å². The topological polar surface area (TPSA) is 153 Å². The summed E-state index contributed by atoms with van der Waals surface area (Å²) < 4.78 is 0.878. The number of nitrogens with zero attached hydrogens (tertiary/aromatic N) is 2. The van der Waals surface area contributed by atoms with E-state index in [-0.39, 0.29) is 30.5 Å². The Hall–Kier alpha value is -4.57. The molecule has 0 aliphatic carbocycles. The highest BCUT2D eigenvalue weighted by Gasteiger charge is 2.29. The molecule has 194 valence electrons. The first-order chi connectivity index (χ1) is 18.3. The van der Waals surface area contributed by atoms with Gasteiger partial charge in [0.05, 0.1) is 21.9 Å². The number of rotatable bonds is 10. The second-order valence-electron chi connectivity index (χ2n) is 8.76. The molecule has 2 amide bonds. The summed E-state index contributed by atoms with van der Waals surface area (Å²) in [5, 5.41) is 5.88. The van der Waals surface area contributed by atoms with Crippen molar-refractivity contribution in [1.82, 2.24) is 15.6 Å². The molecule has 0 saturated heterocycles. The van der Waals surface area contributed by atoms with E-state index in [1.807, 2.05) is 54.6 Å². The monoisotopic (exact) mass is 528 g/mol. The van der Waals surface area contributed by atoms with E-state index in [1.54, 1.807) is 24.3 Å². The number of carbonyl (C=O) groups excluding carboxylic acids is 3. The van der Waals surface area contributed by atoms with Crippen molar-refractivity contribution in [3.05, 3.63) is 95.0 Å². The Labute approximate surface area is 224 Å². The summed E-state index contributed by atoms with van der Waals surface area (Å²) in [5.41, 5.74) is 13.9. The number of hydrogen-bond acceptors (Lipinski definition) is 6. The van der Waals surface area contributed by atoms with E-state index in [0.717, 1.165) is 15.8 Å². The van der Waals surface area contributed by atoms with Crippen LogP contribution in [0.25, 0.3) is 10.2 Å². The molecule has 1 unspecified atom stereocenters. The van der Waals surface area contributed by atoms with Gasteiger partial charge in [-0.25, -0.2) is 9.98 Å². The van der Waals surface area contributed by atoms with Crippen LogP contribution in [0.3, 0.4) is 0 Å². The number of thiazole rings is 1. The summed E-state index contributed by atoms with van der Waals surface area (Å²) in [6, 6.07) is 22.1. The Morgan fingerprint density at radius 1 is 0.842 bits per heavy atom. The standard InChI is InChI=1S/C28H28N6O3S/c1-17(35)31-23(16-18-7-3-2-4-8-18)26(37)33-22(15-19-11-13-20(14-12-19)32-28(29)30)25(36)27-34-21-9-5-6-10-24(21)38-27/h2-14,22-23H,15-16H2,1H3,(H,31,35)(H,33,37)(H4,29,30,32)/t22?,23-/m0/s1. The number of benzene rings is 3. The summed E-state index contributed by atoms with van der Waals surface area (Å²) in [6.45, 7) is 1.35. The number of para-hydroxylation sites is 1. The zero-order valence-corrected chi connectivity index (χ0v) is 21.6. The first kappa shape index (κ1) is 26.5. The summed E-state index contributed by atoms with van der Waals surface area (Å²) in [5.74, 6) is -1.17. The van der Waals surface area contributed by atoms with Crippen LogP contribution < -0.4 is 22.1 Å². The number of Topliss-reactive ketones (excluding diaryl/α,β-unsaturated/α-hetero) is 1. The van der Waals surface area contributed by atoms with Crippen LogP contribution in [0.1, 0.15) is 27.9 Å². The van der Waals surface area contributed by atoms with Crippen molar-refractivity contribution < 1.29 is 14.4 Å². The van der Waals surface area contributed by atoms with Crippen molar-refractivity contribution in [1.29, 1.82) is 0 Å². The van der Waals surface area contributed by atoms with Crippen LogP contribution in [0.15, 0.2) is 83.9 Å². The Balaban J connectivity index is 1.61. The van der Waals surface area contributed by atoms with Gasteiger partial charge in [-0.1, -0.05) is 54.6 Å². The SMILES string of the molecule is CC(=O)N[C@@H](Cc1ccccc1)C(=O)NC(Cc1ccc(N=C(N)N)cc1)C(=O)c1nc2ccccc2s1. The Morgan fingerprint density at radius 2 is 1.47 bits per heavy atom. The molecule has 9 nitrogen and oxygen atoms in total. The van der Waals surface area contributed by atoms with Gasteiger partial charge in [0.15, 0.2) is 11.0 Å². The van der Waals surface area contributed by atoms with Crippen molar-refractivity contribution >= 4 is 50.8 Å². The van der Waals surface area contributed by atoms with Gasteiger partial charge in [0.25, 0.3) is 0 Å². The lowest BCUT2D eigenvalue weighted by molar-refractivity contribution is -0.128. The van der Waals surface area contributed by atoms with Crippen molar-refractivity contribution in [2.24, 2.45) is 16.5 Å². The van der Waals surface area contributed by atoms with Gasteiger partial charge >= 0.3 is 0 Å². The molecular weight excluding hydrogens is 500 g/mol. The molecule has 38 heavy (non-hydrogen) atoms. The van der Waals surface area contributed by atoms with E-state index < -0.39 is 18.0 Å². The molecule has 0 aliphatic heterocycles. The molecule has 3 aromatic carbocycles. The van der Waals surface area contributed by atoms with Gasteiger partial charge in [-0.2, -0.15) is 0 Å². The van der Waals surface area contributed by atoms with Gasteiger partial charge in [-0.05, 0) is 35.4 Å². The Kier molecular flexibility index (Phi) is 8.44. The van der Waals surface area contributed by atoms with Crippen molar-refractivity contribution in [2.45, 2.75) is 31.8 Å². The minimum Gasteiger partial charge on any atom is -0.370 e. The molecule has 0 aliphatic rings. The minimum absolute atomic E-state index is 0.0590. The number of nitrogens with one attached hydrogen (secondary N) is 2. The molecule has 4 rings (SSSR count). The lowest BCUT2D eigenvalue weighted by atomic mass is 10.0. The first-order valence-electron chi connectivity index (χ1n) is 12.0. The zero-order valence-electron chi connectivity index (χ0n) is 20.8. The normalized spacial score (nSPS) is 12.3. The van der Waals surface area contributed by atoms with E-state index in [0.29, 0.717) is 16.2 Å². The lowest BCUT2D eigenvalue weighted by Crippen LogP contribution is -2.52. The zero-order chi connectivity index (χ0) is 27.1. The smallest absolute Gasteiger partial charge is 0.243 e. The maximum absolute atomic E-state index is 13.7. The maximum atomic E-state index is 13.7. The molecule has 0 bridgehead atoms. The fourth-order valence-corrected chi connectivity index (χ4v) is 4.96. The maximum Gasteiger partial charge on any atom is 0.243 e. The third-order valence-corrected chi connectivity index (χ3v) is 6.80. The van der Waals surface area contributed by atoms with Crippen LogP contribution in [-0.4, -0.2) is 40.6 Å². The molecule has 0 saturated carbocycles. The Bertz CT molecular complexity index is 1430. The fourth-order valence-electron chi connectivity index (χ4n) is 4.00. The van der Waals surface area contributed by atoms with Crippen molar-refractivity contribution in [3.8, 4) is 0 Å². The van der Waals surface area contributed by atoms with E-state index in [4.69, 9.17) is 11.5 Å². The molecule has 2 atom stereocenters. The summed E-state index contributed by atoms with van der Waals surface area (Å²) in [4.78, 5) is 47.5. The number of amides is 2. The number of fused-ring (bicyclic) bond motifs is 1. The number of carbonyl (C=O) groups is 3.